The minimum atomic E-state index is 0.365. The third kappa shape index (κ3) is 5.88. The summed E-state index contributed by atoms with van der Waals surface area (Å²) in [5, 5.41) is 5.68. The molecule has 0 aromatic carbocycles. The molecule has 0 aliphatic heterocycles. The van der Waals surface area contributed by atoms with Crippen molar-refractivity contribution in [2.45, 2.75) is 33.1 Å². The van der Waals surface area contributed by atoms with E-state index < -0.39 is 0 Å². The molecule has 1 aromatic rings. The Morgan fingerprint density at radius 3 is 2.88 bits per heavy atom. The van der Waals surface area contributed by atoms with Gasteiger partial charge in [-0.25, -0.2) is 0 Å². The van der Waals surface area contributed by atoms with Crippen LogP contribution in [0.1, 0.15) is 31.6 Å². The predicted molar refractivity (Wildman–Crippen MR) is 74.6 cm³/mol. The molecule has 0 bridgehead atoms. The van der Waals surface area contributed by atoms with Crippen LogP contribution in [0.25, 0.3) is 0 Å². The maximum Gasteiger partial charge on any atom is 0.0223 e. The van der Waals surface area contributed by atoms with Crippen LogP contribution in [-0.4, -0.2) is 19.0 Å². The molecule has 92 valence electrons. The lowest BCUT2D eigenvalue weighted by molar-refractivity contribution is 0.313. The summed E-state index contributed by atoms with van der Waals surface area (Å²) < 4.78 is 0. The van der Waals surface area contributed by atoms with E-state index >= 15 is 0 Å². The first-order valence-corrected chi connectivity index (χ1v) is 7.34. The number of rotatable bonds is 8. The van der Waals surface area contributed by atoms with Gasteiger partial charge in [-0.1, -0.05) is 19.9 Å². The number of thiophene rings is 1. The van der Waals surface area contributed by atoms with Crippen LogP contribution < -0.4 is 5.32 Å². The van der Waals surface area contributed by atoms with E-state index in [9.17, 15) is 0 Å². The Morgan fingerprint density at radius 1 is 1.44 bits per heavy atom. The molecule has 1 aromatic heterocycles. The Bertz CT molecular complexity index is 269. The number of alkyl halides is 1. The van der Waals surface area contributed by atoms with Gasteiger partial charge in [-0.2, -0.15) is 0 Å². The minimum Gasteiger partial charge on any atom is -0.316 e. The third-order valence-electron chi connectivity index (χ3n) is 2.72. The van der Waals surface area contributed by atoms with Gasteiger partial charge < -0.3 is 5.32 Å². The van der Waals surface area contributed by atoms with Gasteiger partial charge in [0.2, 0.25) is 0 Å². The van der Waals surface area contributed by atoms with E-state index in [4.69, 9.17) is 11.6 Å². The van der Waals surface area contributed by atoms with Crippen molar-refractivity contribution in [2.75, 3.05) is 19.0 Å². The summed E-state index contributed by atoms with van der Waals surface area (Å²) in [5.41, 5.74) is 0.365. The summed E-state index contributed by atoms with van der Waals surface area (Å²) in [5.74, 6) is 0.776. The lowest BCUT2D eigenvalue weighted by Gasteiger charge is -2.24. The van der Waals surface area contributed by atoms with Gasteiger partial charge >= 0.3 is 0 Å². The molecule has 1 heterocycles. The molecular formula is C13H22ClNS. The monoisotopic (exact) mass is 259 g/mol. The quantitative estimate of drug-likeness (QED) is 0.551. The second-order valence-electron chi connectivity index (χ2n) is 4.96. The first-order valence-electron chi connectivity index (χ1n) is 5.93. The van der Waals surface area contributed by atoms with Crippen LogP contribution in [0, 0.1) is 5.41 Å². The van der Waals surface area contributed by atoms with Crippen molar-refractivity contribution in [3.8, 4) is 0 Å². The van der Waals surface area contributed by atoms with E-state index in [2.05, 4.69) is 36.7 Å². The molecule has 0 unspecified atom stereocenters. The standard InChI is InChI=1S/C13H22ClNS/c1-13(2,7-4-8-14)11-15-9-6-12-5-3-10-16-12/h3,5,10,15H,4,6-9,11H2,1-2H3. The molecule has 0 aliphatic carbocycles. The Kier molecular flexibility index (Phi) is 6.40. The highest BCUT2D eigenvalue weighted by molar-refractivity contribution is 7.09. The van der Waals surface area contributed by atoms with Crippen LogP contribution in [0.15, 0.2) is 17.5 Å². The van der Waals surface area contributed by atoms with E-state index in [1.54, 1.807) is 0 Å². The van der Waals surface area contributed by atoms with Gasteiger partial charge in [0.05, 0.1) is 0 Å². The zero-order valence-corrected chi connectivity index (χ0v) is 11.8. The maximum atomic E-state index is 5.72. The third-order valence-corrected chi connectivity index (χ3v) is 3.92. The van der Waals surface area contributed by atoms with Crippen molar-refractivity contribution >= 4 is 22.9 Å². The van der Waals surface area contributed by atoms with Crippen molar-refractivity contribution in [2.24, 2.45) is 5.41 Å². The van der Waals surface area contributed by atoms with Gasteiger partial charge in [-0.05, 0) is 42.7 Å². The fourth-order valence-corrected chi connectivity index (χ4v) is 2.57. The van der Waals surface area contributed by atoms with Crippen LogP contribution in [0.3, 0.4) is 0 Å². The lowest BCUT2D eigenvalue weighted by atomic mass is 9.88. The molecule has 0 saturated heterocycles. The molecule has 0 spiro atoms. The number of halogens is 1. The average Bonchev–Trinajstić information content (AvgIpc) is 2.75. The maximum absolute atomic E-state index is 5.72. The normalized spacial score (nSPS) is 11.9. The number of nitrogens with one attached hydrogen (secondary N) is 1. The fourth-order valence-electron chi connectivity index (χ4n) is 1.73. The topological polar surface area (TPSA) is 12.0 Å². The van der Waals surface area contributed by atoms with Crippen molar-refractivity contribution in [3.05, 3.63) is 22.4 Å². The van der Waals surface area contributed by atoms with Gasteiger partial charge in [0.15, 0.2) is 0 Å². The molecule has 0 radical (unpaired) electrons. The van der Waals surface area contributed by atoms with Gasteiger partial charge in [0, 0.05) is 17.3 Å². The Hall–Kier alpha value is -0.0500. The molecule has 1 rings (SSSR count). The minimum absolute atomic E-state index is 0.365. The molecule has 16 heavy (non-hydrogen) atoms. The number of hydrogen-bond donors (Lipinski definition) is 1. The molecular weight excluding hydrogens is 238 g/mol. The fraction of sp³-hybridized carbons (Fsp3) is 0.692. The Morgan fingerprint density at radius 2 is 2.25 bits per heavy atom. The van der Waals surface area contributed by atoms with Crippen LogP contribution in [0.5, 0.6) is 0 Å². The van der Waals surface area contributed by atoms with Crippen molar-refractivity contribution in [3.63, 3.8) is 0 Å². The summed E-state index contributed by atoms with van der Waals surface area (Å²) in [4.78, 5) is 1.46. The molecule has 0 amide bonds. The molecule has 0 saturated carbocycles. The molecule has 0 aliphatic rings. The molecule has 0 atom stereocenters. The van der Waals surface area contributed by atoms with Gasteiger partial charge in [-0.3, -0.25) is 0 Å². The first-order chi connectivity index (χ1) is 7.64. The van der Waals surface area contributed by atoms with Gasteiger partial charge in [0.1, 0.15) is 0 Å². The lowest BCUT2D eigenvalue weighted by Crippen LogP contribution is -2.30. The van der Waals surface area contributed by atoms with Crippen LogP contribution in [-0.2, 0) is 6.42 Å². The second kappa shape index (κ2) is 7.31. The summed E-state index contributed by atoms with van der Waals surface area (Å²) in [6, 6.07) is 4.31. The zero-order chi connectivity index (χ0) is 11.9. The summed E-state index contributed by atoms with van der Waals surface area (Å²) in [6.07, 6.45) is 3.45. The summed E-state index contributed by atoms with van der Waals surface area (Å²) in [7, 11) is 0. The van der Waals surface area contributed by atoms with E-state index in [1.165, 1.54) is 11.3 Å². The second-order valence-corrected chi connectivity index (χ2v) is 6.37. The molecule has 0 fully saturated rings. The van der Waals surface area contributed by atoms with Crippen molar-refractivity contribution in [1.29, 1.82) is 0 Å². The summed E-state index contributed by atoms with van der Waals surface area (Å²) in [6.45, 7) is 6.76. The van der Waals surface area contributed by atoms with Gasteiger partial charge in [0.25, 0.3) is 0 Å². The highest BCUT2D eigenvalue weighted by Crippen LogP contribution is 2.21. The predicted octanol–water partition coefficient (Wildman–Crippen LogP) is 3.93. The number of hydrogen-bond acceptors (Lipinski definition) is 2. The average molecular weight is 260 g/mol. The molecule has 1 N–H and O–H groups in total. The smallest absolute Gasteiger partial charge is 0.0223 e. The van der Waals surface area contributed by atoms with Crippen LogP contribution >= 0.6 is 22.9 Å². The zero-order valence-electron chi connectivity index (χ0n) is 10.3. The highest BCUT2D eigenvalue weighted by Gasteiger charge is 2.16. The SMILES string of the molecule is CC(C)(CCCCl)CNCCc1cccs1. The van der Waals surface area contributed by atoms with E-state index in [0.29, 0.717) is 5.41 Å². The largest absolute Gasteiger partial charge is 0.316 e. The highest BCUT2D eigenvalue weighted by atomic mass is 35.5. The van der Waals surface area contributed by atoms with Crippen molar-refractivity contribution in [1.82, 2.24) is 5.32 Å². The van der Waals surface area contributed by atoms with Crippen molar-refractivity contribution < 1.29 is 0 Å². The molecule has 1 nitrogen and oxygen atoms in total. The van der Waals surface area contributed by atoms with E-state index in [0.717, 1.165) is 31.8 Å². The first kappa shape index (κ1) is 14.0. The van der Waals surface area contributed by atoms with E-state index in [-0.39, 0.29) is 0 Å². The Labute approximate surface area is 108 Å². The Balaban J connectivity index is 2.10. The summed E-state index contributed by atoms with van der Waals surface area (Å²) >= 11 is 7.55. The van der Waals surface area contributed by atoms with E-state index in [1.807, 2.05) is 11.3 Å². The van der Waals surface area contributed by atoms with Crippen LogP contribution in [0.4, 0.5) is 0 Å². The van der Waals surface area contributed by atoms with Gasteiger partial charge in [-0.15, -0.1) is 22.9 Å². The van der Waals surface area contributed by atoms with Crippen LogP contribution in [0.2, 0.25) is 0 Å². The molecule has 3 heteroatoms.